The molecule has 0 N–H and O–H groups in total. The van der Waals surface area contributed by atoms with Crippen molar-refractivity contribution in [3.05, 3.63) is 39.9 Å². The van der Waals surface area contributed by atoms with Gasteiger partial charge in [0.05, 0.1) is 11.5 Å². The van der Waals surface area contributed by atoms with Crippen LogP contribution in [0.25, 0.3) is 0 Å². The van der Waals surface area contributed by atoms with Crippen molar-refractivity contribution in [2.24, 2.45) is 10.2 Å². The first-order valence-electron chi connectivity index (χ1n) is 5.92. The molecule has 0 radical (unpaired) electrons. The SMILES string of the molecule is COC1(OCc2ccc([N+](=O)[O-])cc2)N=NC(C)(C)O1. The molecule has 1 aliphatic rings. The highest BCUT2D eigenvalue weighted by atomic mass is 16.9. The van der Waals surface area contributed by atoms with Gasteiger partial charge in [0.15, 0.2) is 5.72 Å². The first kappa shape index (κ1) is 14.5. The van der Waals surface area contributed by atoms with E-state index in [0.717, 1.165) is 5.56 Å². The molecule has 0 bridgehead atoms. The Labute approximate surface area is 115 Å². The Morgan fingerprint density at radius 1 is 1.30 bits per heavy atom. The molecule has 1 aromatic rings. The fourth-order valence-electron chi connectivity index (χ4n) is 1.63. The van der Waals surface area contributed by atoms with Gasteiger partial charge in [-0.2, -0.15) is 5.11 Å². The van der Waals surface area contributed by atoms with Gasteiger partial charge in [-0.1, -0.05) is 5.11 Å². The number of hydrogen-bond donors (Lipinski definition) is 0. The lowest BCUT2D eigenvalue weighted by Gasteiger charge is -2.25. The van der Waals surface area contributed by atoms with Gasteiger partial charge in [0.25, 0.3) is 5.69 Å². The maximum absolute atomic E-state index is 10.6. The normalized spacial score (nSPS) is 23.9. The Kier molecular flexibility index (Phi) is 3.80. The zero-order valence-corrected chi connectivity index (χ0v) is 11.4. The van der Waals surface area contributed by atoms with Gasteiger partial charge in [0, 0.05) is 19.2 Å². The van der Waals surface area contributed by atoms with Crippen LogP contribution >= 0.6 is 0 Å². The number of ether oxygens (including phenoxy) is 3. The molecule has 0 aromatic heterocycles. The number of benzene rings is 1. The minimum atomic E-state index is -1.56. The van der Waals surface area contributed by atoms with E-state index in [2.05, 4.69) is 10.2 Å². The Balaban J connectivity index is 2.01. The first-order valence-corrected chi connectivity index (χ1v) is 5.92. The maximum Gasteiger partial charge on any atom is 0.415 e. The second-order valence-corrected chi connectivity index (χ2v) is 4.69. The van der Waals surface area contributed by atoms with Gasteiger partial charge in [0.1, 0.15) is 0 Å². The van der Waals surface area contributed by atoms with Gasteiger partial charge in [-0.3, -0.25) is 14.9 Å². The number of rotatable bonds is 5. The minimum Gasteiger partial charge on any atom is -0.310 e. The minimum absolute atomic E-state index is 0.0214. The standard InChI is InChI=1S/C12H15N3O5/c1-11(2)13-14-12(18-3,20-11)19-8-9-4-6-10(7-5-9)15(16)17/h4-7H,8H2,1-3H3. The van der Waals surface area contributed by atoms with Crippen LogP contribution in [-0.4, -0.2) is 23.9 Å². The molecule has 1 heterocycles. The van der Waals surface area contributed by atoms with Gasteiger partial charge in [-0.05, 0) is 31.5 Å². The zero-order chi connectivity index (χ0) is 14.8. The topological polar surface area (TPSA) is 95.5 Å². The van der Waals surface area contributed by atoms with Crippen molar-refractivity contribution >= 4 is 5.69 Å². The van der Waals surface area contributed by atoms with Crippen molar-refractivity contribution in [1.82, 2.24) is 0 Å². The Morgan fingerprint density at radius 2 is 1.95 bits per heavy atom. The number of non-ortho nitro benzene ring substituents is 1. The molecule has 108 valence electrons. The van der Waals surface area contributed by atoms with E-state index >= 15 is 0 Å². The van der Waals surface area contributed by atoms with Crippen molar-refractivity contribution in [3.63, 3.8) is 0 Å². The summed E-state index contributed by atoms with van der Waals surface area (Å²) in [7, 11) is 1.40. The highest BCUT2D eigenvalue weighted by molar-refractivity contribution is 5.32. The zero-order valence-electron chi connectivity index (χ0n) is 11.4. The summed E-state index contributed by atoms with van der Waals surface area (Å²) in [5.74, 6) is 0. The summed E-state index contributed by atoms with van der Waals surface area (Å²) in [4.78, 5) is 10.1. The summed E-state index contributed by atoms with van der Waals surface area (Å²) in [5.41, 5.74) is -0.0606. The van der Waals surface area contributed by atoms with Crippen LogP contribution in [0.3, 0.4) is 0 Å². The molecular weight excluding hydrogens is 266 g/mol. The van der Waals surface area contributed by atoms with Crippen LogP contribution in [0.15, 0.2) is 34.5 Å². The number of nitrogens with zero attached hydrogens (tertiary/aromatic N) is 3. The van der Waals surface area contributed by atoms with Crippen LogP contribution in [-0.2, 0) is 20.8 Å². The average molecular weight is 281 g/mol. The first-order chi connectivity index (χ1) is 9.36. The van der Waals surface area contributed by atoms with Gasteiger partial charge in [-0.15, -0.1) is 0 Å². The summed E-state index contributed by atoms with van der Waals surface area (Å²) >= 11 is 0. The van der Waals surface area contributed by atoms with Crippen molar-refractivity contribution in [2.45, 2.75) is 32.3 Å². The predicted octanol–water partition coefficient (Wildman–Crippen LogP) is 2.59. The molecule has 0 saturated carbocycles. The molecular formula is C12H15N3O5. The molecule has 20 heavy (non-hydrogen) atoms. The fraction of sp³-hybridized carbons (Fsp3) is 0.500. The third-order valence-electron chi connectivity index (χ3n) is 2.62. The van der Waals surface area contributed by atoms with Gasteiger partial charge in [0.2, 0.25) is 0 Å². The van der Waals surface area contributed by atoms with Crippen LogP contribution in [0.2, 0.25) is 0 Å². The quantitative estimate of drug-likeness (QED) is 0.469. The number of azo groups is 1. The van der Waals surface area contributed by atoms with E-state index in [0.29, 0.717) is 0 Å². The lowest BCUT2D eigenvalue weighted by molar-refractivity contribution is -0.385. The second-order valence-electron chi connectivity index (χ2n) is 4.69. The molecule has 0 amide bonds. The van der Waals surface area contributed by atoms with Crippen LogP contribution in [0.5, 0.6) is 0 Å². The summed E-state index contributed by atoms with van der Waals surface area (Å²) < 4.78 is 16.1. The largest absolute Gasteiger partial charge is 0.415 e. The number of nitro benzene ring substituents is 1. The lowest BCUT2D eigenvalue weighted by atomic mass is 10.2. The van der Waals surface area contributed by atoms with Gasteiger partial charge < -0.3 is 9.47 Å². The number of nitro groups is 1. The monoisotopic (exact) mass is 281 g/mol. The van der Waals surface area contributed by atoms with Crippen LogP contribution in [0.4, 0.5) is 5.69 Å². The molecule has 0 aliphatic carbocycles. The molecule has 1 aliphatic heterocycles. The molecule has 8 nitrogen and oxygen atoms in total. The van der Waals surface area contributed by atoms with Crippen LogP contribution in [0.1, 0.15) is 19.4 Å². The second kappa shape index (κ2) is 5.23. The molecule has 2 rings (SSSR count). The Morgan fingerprint density at radius 3 is 2.40 bits per heavy atom. The van der Waals surface area contributed by atoms with E-state index in [-0.39, 0.29) is 12.3 Å². The summed E-state index contributed by atoms with van der Waals surface area (Å²) in [6.45, 7) is 3.58. The molecule has 8 heteroatoms. The van der Waals surface area contributed by atoms with Crippen molar-refractivity contribution in [1.29, 1.82) is 0 Å². The van der Waals surface area contributed by atoms with E-state index in [4.69, 9.17) is 14.2 Å². The smallest absolute Gasteiger partial charge is 0.310 e. The van der Waals surface area contributed by atoms with Crippen molar-refractivity contribution < 1.29 is 19.1 Å². The van der Waals surface area contributed by atoms with Gasteiger partial charge in [-0.25, -0.2) is 0 Å². The Hall–Kier alpha value is -1.90. The van der Waals surface area contributed by atoms with Crippen LogP contribution in [0, 0.1) is 10.1 Å². The highest BCUT2D eigenvalue weighted by Gasteiger charge is 2.45. The lowest BCUT2D eigenvalue weighted by Crippen LogP contribution is -2.37. The maximum atomic E-state index is 10.6. The molecule has 1 aromatic carbocycles. The third-order valence-corrected chi connectivity index (χ3v) is 2.62. The highest BCUT2D eigenvalue weighted by Crippen LogP contribution is 2.33. The summed E-state index contributed by atoms with van der Waals surface area (Å²) in [6.07, 6.45) is -1.56. The summed E-state index contributed by atoms with van der Waals surface area (Å²) in [6, 6.07) is 6.00. The van der Waals surface area contributed by atoms with E-state index in [1.54, 1.807) is 26.0 Å². The van der Waals surface area contributed by atoms with Crippen molar-refractivity contribution in [3.8, 4) is 0 Å². The molecule has 0 fully saturated rings. The van der Waals surface area contributed by atoms with E-state index in [1.165, 1.54) is 19.2 Å². The fourth-order valence-corrected chi connectivity index (χ4v) is 1.63. The summed E-state index contributed by atoms with van der Waals surface area (Å²) in [5, 5.41) is 18.3. The van der Waals surface area contributed by atoms with Crippen molar-refractivity contribution in [2.75, 3.05) is 7.11 Å². The molecule has 1 unspecified atom stereocenters. The van der Waals surface area contributed by atoms with Crippen LogP contribution < -0.4 is 0 Å². The molecule has 1 atom stereocenters. The third kappa shape index (κ3) is 3.16. The average Bonchev–Trinajstić information content (AvgIpc) is 2.73. The predicted molar refractivity (Wildman–Crippen MR) is 67.6 cm³/mol. The van der Waals surface area contributed by atoms with E-state index in [9.17, 15) is 10.1 Å². The number of methoxy groups -OCH3 is 1. The number of hydrogen-bond acceptors (Lipinski definition) is 7. The van der Waals surface area contributed by atoms with E-state index in [1.807, 2.05) is 0 Å². The molecule has 0 spiro atoms. The van der Waals surface area contributed by atoms with Gasteiger partial charge >= 0.3 is 6.10 Å². The van der Waals surface area contributed by atoms with E-state index < -0.39 is 16.7 Å². The molecule has 0 saturated heterocycles. The Bertz CT molecular complexity index is 528.